The average molecular weight is 310 g/mol. The SMILES string of the molecule is CN(CC1CCCCO1)c1ccc(Cl)c(CNC2CC2)n1. The molecule has 1 aromatic heterocycles. The van der Waals surface area contributed by atoms with Gasteiger partial charge in [-0.1, -0.05) is 11.6 Å². The Morgan fingerprint density at radius 2 is 2.19 bits per heavy atom. The monoisotopic (exact) mass is 309 g/mol. The van der Waals surface area contributed by atoms with Crippen molar-refractivity contribution in [2.24, 2.45) is 0 Å². The van der Waals surface area contributed by atoms with Crippen molar-refractivity contribution >= 4 is 17.4 Å². The maximum atomic E-state index is 6.25. The zero-order valence-corrected chi connectivity index (χ0v) is 13.4. The number of nitrogens with one attached hydrogen (secondary N) is 1. The summed E-state index contributed by atoms with van der Waals surface area (Å²) >= 11 is 6.25. The Bertz CT molecular complexity index is 473. The molecular weight excluding hydrogens is 286 g/mol. The van der Waals surface area contributed by atoms with Gasteiger partial charge in [0.15, 0.2) is 0 Å². The molecule has 116 valence electrons. The molecule has 2 fully saturated rings. The van der Waals surface area contributed by atoms with Crippen LogP contribution in [0.4, 0.5) is 5.82 Å². The molecule has 0 radical (unpaired) electrons. The molecule has 1 saturated heterocycles. The van der Waals surface area contributed by atoms with E-state index in [1.54, 1.807) is 0 Å². The number of aromatic nitrogens is 1. The highest BCUT2D eigenvalue weighted by atomic mass is 35.5. The lowest BCUT2D eigenvalue weighted by Gasteiger charge is -2.28. The van der Waals surface area contributed by atoms with Crippen molar-refractivity contribution in [2.75, 3.05) is 25.1 Å². The second-order valence-electron chi connectivity index (χ2n) is 6.12. The molecule has 4 nitrogen and oxygen atoms in total. The van der Waals surface area contributed by atoms with E-state index in [1.807, 2.05) is 12.1 Å². The van der Waals surface area contributed by atoms with Crippen LogP contribution < -0.4 is 10.2 Å². The van der Waals surface area contributed by atoms with Gasteiger partial charge < -0.3 is 15.0 Å². The normalized spacial score (nSPS) is 22.3. The third kappa shape index (κ3) is 4.31. The van der Waals surface area contributed by atoms with E-state index < -0.39 is 0 Å². The second-order valence-corrected chi connectivity index (χ2v) is 6.53. The Hall–Kier alpha value is -0.840. The van der Waals surface area contributed by atoms with Gasteiger partial charge in [0.25, 0.3) is 0 Å². The molecule has 3 rings (SSSR count). The number of likely N-dealkylation sites (N-methyl/N-ethyl adjacent to an activating group) is 1. The highest BCUT2D eigenvalue weighted by Crippen LogP contribution is 2.23. The van der Waals surface area contributed by atoms with Gasteiger partial charge in [0.1, 0.15) is 5.82 Å². The molecule has 0 spiro atoms. The third-order valence-corrected chi connectivity index (χ3v) is 4.53. The maximum absolute atomic E-state index is 6.25. The van der Waals surface area contributed by atoms with E-state index in [1.165, 1.54) is 25.7 Å². The number of hydrogen-bond acceptors (Lipinski definition) is 4. The van der Waals surface area contributed by atoms with E-state index in [2.05, 4.69) is 17.3 Å². The van der Waals surface area contributed by atoms with Crippen molar-refractivity contribution in [1.82, 2.24) is 10.3 Å². The van der Waals surface area contributed by atoms with Gasteiger partial charge in [0.05, 0.1) is 16.8 Å². The standard InChI is InChI=1S/C16H24ClN3O/c1-20(11-13-4-2-3-9-21-13)16-8-7-14(17)15(19-16)10-18-12-5-6-12/h7-8,12-13,18H,2-6,9-11H2,1H3. The van der Waals surface area contributed by atoms with Gasteiger partial charge in [-0.25, -0.2) is 4.98 Å². The molecule has 1 saturated carbocycles. The van der Waals surface area contributed by atoms with E-state index in [9.17, 15) is 0 Å². The fourth-order valence-corrected chi connectivity index (χ4v) is 2.86. The minimum Gasteiger partial charge on any atom is -0.376 e. The molecule has 2 heterocycles. The topological polar surface area (TPSA) is 37.4 Å². The minimum absolute atomic E-state index is 0.328. The van der Waals surface area contributed by atoms with E-state index in [4.69, 9.17) is 21.3 Å². The lowest BCUT2D eigenvalue weighted by Crippen LogP contribution is -2.34. The van der Waals surface area contributed by atoms with Crippen LogP contribution in [0.15, 0.2) is 12.1 Å². The molecule has 1 aliphatic carbocycles. The van der Waals surface area contributed by atoms with E-state index in [0.29, 0.717) is 12.1 Å². The number of halogens is 1. The first-order valence-electron chi connectivity index (χ1n) is 7.94. The van der Waals surface area contributed by atoms with Crippen molar-refractivity contribution in [1.29, 1.82) is 0 Å². The van der Waals surface area contributed by atoms with Gasteiger partial charge in [-0.2, -0.15) is 0 Å². The third-order valence-electron chi connectivity index (χ3n) is 4.18. The smallest absolute Gasteiger partial charge is 0.128 e. The van der Waals surface area contributed by atoms with Crippen molar-refractivity contribution in [3.63, 3.8) is 0 Å². The summed E-state index contributed by atoms with van der Waals surface area (Å²) in [6.07, 6.45) is 6.48. The van der Waals surface area contributed by atoms with Crippen LogP contribution in [0.1, 0.15) is 37.8 Å². The van der Waals surface area contributed by atoms with Gasteiger partial charge in [0, 0.05) is 32.8 Å². The Morgan fingerprint density at radius 3 is 2.90 bits per heavy atom. The molecular formula is C16H24ClN3O. The highest BCUT2D eigenvalue weighted by Gasteiger charge is 2.21. The molecule has 21 heavy (non-hydrogen) atoms. The van der Waals surface area contributed by atoms with E-state index in [0.717, 1.165) is 42.7 Å². The number of pyridine rings is 1. The Morgan fingerprint density at radius 1 is 1.33 bits per heavy atom. The van der Waals surface area contributed by atoms with Crippen LogP contribution in [0.25, 0.3) is 0 Å². The Labute approximate surface area is 131 Å². The van der Waals surface area contributed by atoms with Crippen LogP contribution in [0.5, 0.6) is 0 Å². The van der Waals surface area contributed by atoms with Crippen molar-refractivity contribution in [3.8, 4) is 0 Å². The van der Waals surface area contributed by atoms with Crippen molar-refractivity contribution < 1.29 is 4.74 Å². The van der Waals surface area contributed by atoms with Crippen LogP contribution >= 0.6 is 11.6 Å². The molecule has 1 unspecified atom stereocenters. The van der Waals surface area contributed by atoms with E-state index >= 15 is 0 Å². The first-order chi connectivity index (χ1) is 10.2. The first-order valence-corrected chi connectivity index (χ1v) is 8.32. The lowest BCUT2D eigenvalue weighted by atomic mass is 10.1. The minimum atomic E-state index is 0.328. The number of anilines is 1. The van der Waals surface area contributed by atoms with Crippen LogP contribution in [0, 0.1) is 0 Å². The zero-order chi connectivity index (χ0) is 14.7. The summed E-state index contributed by atoms with van der Waals surface area (Å²) in [5.41, 5.74) is 0.942. The zero-order valence-electron chi connectivity index (χ0n) is 12.6. The van der Waals surface area contributed by atoms with Gasteiger partial charge in [-0.15, -0.1) is 0 Å². The van der Waals surface area contributed by atoms with Crippen molar-refractivity contribution in [2.45, 2.75) is 50.8 Å². The van der Waals surface area contributed by atoms with Gasteiger partial charge in [-0.05, 0) is 44.2 Å². The highest BCUT2D eigenvalue weighted by molar-refractivity contribution is 6.31. The first kappa shape index (κ1) is 15.1. The summed E-state index contributed by atoms with van der Waals surface area (Å²) in [6.45, 7) is 2.54. The number of nitrogens with zero attached hydrogens (tertiary/aromatic N) is 2. The Kier molecular flexibility index (Phi) is 4.99. The van der Waals surface area contributed by atoms with Gasteiger partial charge in [-0.3, -0.25) is 0 Å². The molecule has 2 aliphatic rings. The molecule has 1 aromatic rings. The largest absolute Gasteiger partial charge is 0.376 e. The fraction of sp³-hybridized carbons (Fsp3) is 0.688. The van der Waals surface area contributed by atoms with Crippen LogP contribution in [-0.4, -0.2) is 37.3 Å². The summed E-state index contributed by atoms with van der Waals surface area (Å²) in [5, 5.41) is 4.22. The predicted octanol–water partition coefficient (Wildman–Crippen LogP) is 2.99. The van der Waals surface area contributed by atoms with Crippen LogP contribution in [0.3, 0.4) is 0 Å². The lowest BCUT2D eigenvalue weighted by molar-refractivity contribution is 0.0215. The fourth-order valence-electron chi connectivity index (χ4n) is 2.69. The summed E-state index contributed by atoms with van der Waals surface area (Å²) < 4.78 is 5.80. The van der Waals surface area contributed by atoms with Gasteiger partial charge in [0.2, 0.25) is 0 Å². The summed E-state index contributed by atoms with van der Waals surface area (Å²) in [6, 6.07) is 4.61. The van der Waals surface area contributed by atoms with Crippen LogP contribution in [-0.2, 0) is 11.3 Å². The Balaban J connectivity index is 1.61. The van der Waals surface area contributed by atoms with E-state index in [-0.39, 0.29) is 0 Å². The molecule has 5 heteroatoms. The summed E-state index contributed by atoms with van der Waals surface area (Å²) in [5.74, 6) is 0.973. The van der Waals surface area contributed by atoms with Crippen LogP contribution in [0.2, 0.25) is 5.02 Å². The van der Waals surface area contributed by atoms with Gasteiger partial charge >= 0.3 is 0 Å². The average Bonchev–Trinajstić information content (AvgIpc) is 3.31. The molecule has 1 atom stereocenters. The van der Waals surface area contributed by atoms with Crippen molar-refractivity contribution in [3.05, 3.63) is 22.8 Å². The summed E-state index contributed by atoms with van der Waals surface area (Å²) in [7, 11) is 2.08. The second kappa shape index (κ2) is 6.95. The molecule has 1 aliphatic heterocycles. The number of ether oxygens (including phenoxy) is 1. The predicted molar refractivity (Wildman–Crippen MR) is 86.0 cm³/mol. The molecule has 1 N–H and O–H groups in total. The number of hydrogen-bond donors (Lipinski definition) is 1. The molecule has 0 aromatic carbocycles. The quantitative estimate of drug-likeness (QED) is 0.876. The summed E-state index contributed by atoms with van der Waals surface area (Å²) in [4.78, 5) is 6.89. The maximum Gasteiger partial charge on any atom is 0.128 e. The molecule has 0 amide bonds. The number of rotatable bonds is 6. The molecule has 0 bridgehead atoms.